The Morgan fingerprint density at radius 3 is 2.83 bits per heavy atom. The summed E-state index contributed by atoms with van der Waals surface area (Å²) in [5.41, 5.74) is 2.57. The molecule has 4 rings (SSSR count). The van der Waals surface area contributed by atoms with E-state index in [2.05, 4.69) is 21.3 Å². The number of aryl methyl sites for hydroxylation is 1. The normalized spacial score (nSPS) is 15.6. The van der Waals surface area contributed by atoms with Gasteiger partial charge >= 0.3 is 6.03 Å². The molecule has 0 saturated heterocycles. The first kappa shape index (κ1) is 19.9. The standard InChI is InChI=1S/C22H26N6O2/c1-2-24-22(30)28-12-8-18(14-19(28)23)27-11-6-7-16-13-17(15-25-20(16)27)21(29)26-9-4-3-5-10-26/h3-4,8,12-15,23H,2,5-7,9-11H2,1H3,(H,24,30). The number of pyridine rings is 2. The van der Waals surface area contributed by atoms with Gasteiger partial charge in [-0.05, 0) is 43.9 Å². The summed E-state index contributed by atoms with van der Waals surface area (Å²) in [7, 11) is 0. The smallest absolute Gasteiger partial charge is 0.327 e. The van der Waals surface area contributed by atoms with Gasteiger partial charge in [-0.2, -0.15) is 0 Å². The van der Waals surface area contributed by atoms with Crippen molar-refractivity contribution in [2.45, 2.75) is 26.2 Å². The molecule has 2 amide bonds. The summed E-state index contributed by atoms with van der Waals surface area (Å²) in [5, 5.41) is 10.9. The lowest BCUT2D eigenvalue weighted by Gasteiger charge is -2.31. The van der Waals surface area contributed by atoms with Gasteiger partial charge in [0.2, 0.25) is 0 Å². The number of hydrogen-bond donors (Lipinski definition) is 2. The van der Waals surface area contributed by atoms with Crippen molar-refractivity contribution in [3.63, 3.8) is 0 Å². The Kier molecular flexibility index (Phi) is 5.65. The number of aromatic nitrogens is 2. The summed E-state index contributed by atoms with van der Waals surface area (Å²) < 4.78 is 1.28. The van der Waals surface area contributed by atoms with E-state index in [1.807, 2.05) is 30.0 Å². The molecule has 30 heavy (non-hydrogen) atoms. The van der Waals surface area contributed by atoms with Crippen molar-refractivity contribution in [2.24, 2.45) is 0 Å². The molecule has 0 saturated carbocycles. The lowest BCUT2D eigenvalue weighted by atomic mass is 10.0. The van der Waals surface area contributed by atoms with Crippen molar-refractivity contribution in [3.05, 3.63) is 59.4 Å². The van der Waals surface area contributed by atoms with Crippen LogP contribution >= 0.6 is 0 Å². The van der Waals surface area contributed by atoms with Crippen LogP contribution in [0, 0.1) is 5.41 Å². The van der Waals surface area contributed by atoms with Crippen LogP contribution in [0.4, 0.5) is 16.3 Å². The summed E-state index contributed by atoms with van der Waals surface area (Å²) in [4.78, 5) is 33.4. The average Bonchev–Trinajstić information content (AvgIpc) is 2.78. The van der Waals surface area contributed by atoms with E-state index in [4.69, 9.17) is 5.41 Å². The Hall–Kier alpha value is -3.42. The van der Waals surface area contributed by atoms with Gasteiger partial charge in [0.15, 0.2) is 0 Å². The van der Waals surface area contributed by atoms with Crippen LogP contribution in [0.25, 0.3) is 0 Å². The van der Waals surface area contributed by atoms with Crippen LogP contribution in [0.2, 0.25) is 0 Å². The minimum atomic E-state index is -0.318. The van der Waals surface area contributed by atoms with Gasteiger partial charge < -0.3 is 15.1 Å². The number of nitrogens with zero attached hydrogens (tertiary/aromatic N) is 4. The van der Waals surface area contributed by atoms with Crippen molar-refractivity contribution in [3.8, 4) is 0 Å². The molecule has 4 heterocycles. The van der Waals surface area contributed by atoms with Crippen molar-refractivity contribution in [1.82, 2.24) is 19.8 Å². The van der Waals surface area contributed by atoms with Gasteiger partial charge in [0.05, 0.1) is 5.56 Å². The molecule has 0 aliphatic carbocycles. The lowest BCUT2D eigenvalue weighted by Crippen LogP contribution is -2.36. The molecule has 0 spiro atoms. The second-order valence-electron chi connectivity index (χ2n) is 7.45. The molecule has 8 heteroatoms. The van der Waals surface area contributed by atoms with Crippen LogP contribution in [0.3, 0.4) is 0 Å². The second kappa shape index (κ2) is 8.52. The van der Waals surface area contributed by atoms with Gasteiger partial charge in [-0.1, -0.05) is 12.2 Å². The fourth-order valence-electron chi connectivity index (χ4n) is 3.91. The van der Waals surface area contributed by atoms with Crippen LogP contribution in [0.5, 0.6) is 0 Å². The van der Waals surface area contributed by atoms with Crippen LogP contribution in [-0.2, 0) is 6.42 Å². The maximum Gasteiger partial charge on any atom is 0.327 e. The van der Waals surface area contributed by atoms with Crippen LogP contribution in [-0.4, -0.2) is 52.6 Å². The Morgan fingerprint density at radius 1 is 1.23 bits per heavy atom. The maximum atomic E-state index is 12.8. The minimum Gasteiger partial charge on any atom is -0.338 e. The Balaban J connectivity index is 1.60. The van der Waals surface area contributed by atoms with E-state index < -0.39 is 0 Å². The molecule has 0 radical (unpaired) electrons. The Morgan fingerprint density at radius 2 is 2.10 bits per heavy atom. The number of amides is 2. The monoisotopic (exact) mass is 406 g/mol. The first-order chi connectivity index (χ1) is 14.6. The molecule has 2 N–H and O–H groups in total. The fourth-order valence-corrected chi connectivity index (χ4v) is 3.91. The zero-order valence-electron chi connectivity index (χ0n) is 17.1. The van der Waals surface area contributed by atoms with Crippen molar-refractivity contribution >= 4 is 23.4 Å². The third-order valence-electron chi connectivity index (χ3n) is 5.42. The molecule has 0 fully saturated rings. The second-order valence-corrected chi connectivity index (χ2v) is 7.45. The van der Waals surface area contributed by atoms with E-state index in [0.717, 1.165) is 49.4 Å². The summed E-state index contributed by atoms with van der Waals surface area (Å²) >= 11 is 0. The molecular weight excluding hydrogens is 380 g/mol. The summed E-state index contributed by atoms with van der Waals surface area (Å²) in [6, 6.07) is 5.13. The number of carbonyl (C=O) groups is 2. The summed E-state index contributed by atoms with van der Waals surface area (Å²) in [5.74, 6) is 0.828. The third kappa shape index (κ3) is 3.85. The summed E-state index contributed by atoms with van der Waals surface area (Å²) in [6.07, 6.45) is 10.1. The molecule has 2 aromatic rings. The van der Waals surface area contributed by atoms with E-state index in [-0.39, 0.29) is 17.4 Å². The van der Waals surface area contributed by atoms with Crippen LogP contribution in [0.1, 0.15) is 35.7 Å². The van der Waals surface area contributed by atoms with E-state index >= 15 is 0 Å². The largest absolute Gasteiger partial charge is 0.338 e. The molecule has 156 valence electrons. The van der Waals surface area contributed by atoms with E-state index in [9.17, 15) is 9.59 Å². The van der Waals surface area contributed by atoms with Gasteiger partial charge in [-0.3, -0.25) is 14.8 Å². The van der Waals surface area contributed by atoms with Crippen LogP contribution in [0.15, 0.2) is 42.7 Å². The first-order valence-corrected chi connectivity index (χ1v) is 10.3. The van der Waals surface area contributed by atoms with Crippen molar-refractivity contribution in [2.75, 3.05) is 31.1 Å². The third-order valence-corrected chi connectivity index (χ3v) is 5.42. The molecule has 0 unspecified atom stereocenters. The zero-order valence-corrected chi connectivity index (χ0v) is 17.1. The average molecular weight is 406 g/mol. The fraction of sp³-hybridized carbons (Fsp3) is 0.364. The van der Waals surface area contributed by atoms with Gasteiger partial charge in [-0.25, -0.2) is 9.78 Å². The van der Waals surface area contributed by atoms with Gasteiger partial charge in [0.1, 0.15) is 11.3 Å². The molecular formula is C22H26N6O2. The number of nitrogens with one attached hydrogen (secondary N) is 2. The van der Waals surface area contributed by atoms with Crippen molar-refractivity contribution in [1.29, 1.82) is 5.41 Å². The number of hydrogen-bond acceptors (Lipinski definition) is 5. The topological polar surface area (TPSA) is 94.3 Å². The Bertz CT molecular complexity index is 1060. The van der Waals surface area contributed by atoms with Crippen molar-refractivity contribution < 1.29 is 9.59 Å². The number of carbonyl (C=O) groups excluding carboxylic acids is 2. The predicted molar refractivity (Wildman–Crippen MR) is 114 cm³/mol. The first-order valence-electron chi connectivity index (χ1n) is 10.3. The lowest BCUT2D eigenvalue weighted by molar-refractivity contribution is 0.0770. The minimum absolute atomic E-state index is 0.0166. The van der Waals surface area contributed by atoms with Crippen LogP contribution < -0.4 is 15.7 Å². The number of fused-ring (bicyclic) bond motifs is 1. The molecule has 2 aliphatic heterocycles. The predicted octanol–water partition coefficient (Wildman–Crippen LogP) is 2.43. The SMILES string of the molecule is CCNC(=O)n1ccc(N2CCCc3cc(C(=O)N4CC=CCC4)cnc32)cc1=N. The highest BCUT2D eigenvalue weighted by molar-refractivity contribution is 5.94. The number of anilines is 2. The molecule has 0 aromatic carbocycles. The Labute approximate surface area is 175 Å². The molecule has 2 aliphatic rings. The molecule has 2 aromatic heterocycles. The zero-order chi connectivity index (χ0) is 21.1. The maximum absolute atomic E-state index is 12.8. The van der Waals surface area contributed by atoms with E-state index in [1.54, 1.807) is 18.5 Å². The van der Waals surface area contributed by atoms with E-state index in [1.165, 1.54) is 4.57 Å². The number of rotatable bonds is 3. The van der Waals surface area contributed by atoms with Gasteiger partial charge in [-0.15, -0.1) is 0 Å². The highest BCUT2D eigenvalue weighted by atomic mass is 16.2. The van der Waals surface area contributed by atoms with Gasteiger partial charge in [0, 0.05) is 50.3 Å². The molecule has 0 bridgehead atoms. The van der Waals surface area contributed by atoms with E-state index in [0.29, 0.717) is 18.7 Å². The summed E-state index contributed by atoms with van der Waals surface area (Å²) in [6.45, 7) is 4.50. The van der Waals surface area contributed by atoms with Gasteiger partial charge in [0.25, 0.3) is 5.91 Å². The molecule has 8 nitrogen and oxygen atoms in total. The highest BCUT2D eigenvalue weighted by Gasteiger charge is 2.23. The molecule has 0 atom stereocenters. The quantitative estimate of drug-likeness (QED) is 0.766. The highest BCUT2D eigenvalue weighted by Crippen LogP contribution is 2.31.